The highest BCUT2D eigenvalue weighted by Crippen LogP contribution is 2.54. The molecule has 2 atom stereocenters. The third-order valence-electron chi connectivity index (χ3n) is 16.3. The summed E-state index contributed by atoms with van der Waals surface area (Å²) in [5.41, 5.74) is 22.9. The van der Waals surface area contributed by atoms with Gasteiger partial charge in [-0.1, -0.05) is 188 Å². The maximum absolute atomic E-state index is 2.60. The van der Waals surface area contributed by atoms with E-state index in [0.717, 1.165) is 17.1 Å². The Morgan fingerprint density at radius 3 is 1.39 bits per heavy atom. The number of aromatic nitrogens is 3. The molecule has 4 heterocycles. The number of hydrogen-bond acceptors (Lipinski definition) is 1. The summed E-state index contributed by atoms with van der Waals surface area (Å²) in [5, 5.41) is 6.17. The third-order valence-corrected chi connectivity index (χ3v) is 16.3. The van der Waals surface area contributed by atoms with Crippen LogP contribution in [0.3, 0.4) is 0 Å². The molecule has 0 N–H and O–H groups in total. The van der Waals surface area contributed by atoms with E-state index in [9.17, 15) is 0 Å². The van der Waals surface area contributed by atoms with Crippen LogP contribution in [-0.2, 0) is 0 Å². The van der Waals surface area contributed by atoms with E-state index in [2.05, 4.69) is 298 Å². The minimum Gasteiger partial charge on any atom is -0.333 e. The summed E-state index contributed by atoms with van der Waals surface area (Å²) >= 11 is 0. The fourth-order valence-electron chi connectivity index (χ4n) is 13.1. The number of anilines is 2. The van der Waals surface area contributed by atoms with Crippen molar-refractivity contribution in [1.29, 1.82) is 0 Å². The number of hydrogen-bond donors (Lipinski definition) is 0. The Morgan fingerprint density at radius 1 is 0.289 bits per heavy atom. The van der Waals surface area contributed by atoms with Crippen molar-refractivity contribution >= 4 is 72.0 Å². The Balaban J connectivity index is 0.949. The van der Waals surface area contributed by atoms with Crippen molar-refractivity contribution in [1.82, 2.24) is 13.7 Å². The van der Waals surface area contributed by atoms with Crippen LogP contribution in [0.25, 0.3) is 111 Å². The minimum absolute atomic E-state index is 0.0663. The normalized spacial score (nSPS) is 14.8. The first-order chi connectivity index (χ1) is 37.7. The molecule has 3 aromatic heterocycles. The summed E-state index contributed by atoms with van der Waals surface area (Å²) in [5.74, 6) is 0.0663. The van der Waals surface area contributed by atoms with Crippen molar-refractivity contribution in [2.24, 2.45) is 0 Å². The van der Waals surface area contributed by atoms with Crippen LogP contribution < -0.4 is 4.90 Å². The van der Waals surface area contributed by atoms with Gasteiger partial charge < -0.3 is 18.6 Å². The van der Waals surface area contributed by atoms with Crippen LogP contribution in [0.15, 0.2) is 273 Å². The van der Waals surface area contributed by atoms with E-state index in [4.69, 9.17) is 0 Å². The minimum atomic E-state index is 0.0663. The second-order valence-corrected chi connectivity index (χ2v) is 20.4. The van der Waals surface area contributed by atoms with Crippen LogP contribution in [0.1, 0.15) is 22.7 Å². The molecule has 11 aromatic carbocycles. The van der Waals surface area contributed by atoms with Gasteiger partial charge in [0.15, 0.2) is 0 Å². The quantitative estimate of drug-likeness (QED) is 0.156. The van der Waals surface area contributed by atoms with Crippen molar-refractivity contribution in [2.45, 2.75) is 12.0 Å². The number of benzene rings is 11. The predicted octanol–water partition coefficient (Wildman–Crippen LogP) is 18.5. The molecule has 14 aromatic rings. The van der Waals surface area contributed by atoms with E-state index >= 15 is 0 Å². The van der Waals surface area contributed by atoms with Crippen LogP contribution >= 0.6 is 0 Å². The first-order valence-corrected chi connectivity index (χ1v) is 26.4. The molecule has 1 aliphatic carbocycles. The highest BCUT2D eigenvalue weighted by atomic mass is 15.2. The highest BCUT2D eigenvalue weighted by Gasteiger charge is 2.44. The summed E-state index contributed by atoms with van der Waals surface area (Å²) < 4.78 is 7.56. The lowest BCUT2D eigenvalue weighted by atomic mass is 9.84. The zero-order valence-corrected chi connectivity index (χ0v) is 41.5. The van der Waals surface area contributed by atoms with Gasteiger partial charge in [-0.3, -0.25) is 0 Å². The van der Waals surface area contributed by atoms with Crippen LogP contribution in [-0.4, -0.2) is 19.7 Å². The summed E-state index contributed by atoms with van der Waals surface area (Å²) in [6.07, 6.45) is 4.89. The Morgan fingerprint density at radius 2 is 0.776 bits per heavy atom. The molecule has 4 heteroatoms. The lowest BCUT2D eigenvalue weighted by molar-refractivity contribution is 0.693. The Hall–Kier alpha value is -9.90. The summed E-state index contributed by atoms with van der Waals surface area (Å²) in [7, 11) is 0. The maximum Gasteiger partial charge on any atom is 0.0788 e. The molecule has 0 saturated heterocycles. The van der Waals surface area contributed by atoms with Gasteiger partial charge in [0.1, 0.15) is 0 Å². The fraction of sp³-hybridized carbons (Fsp3) is 0.0278. The monoisotopic (exact) mass is 968 g/mol. The fourth-order valence-corrected chi connectivity index (χ4v) is 13.1. The Bertz CT molecular complexity index is 4560. The third kappa shape index (κ3) is 6.37. The maximum atomic E-state index is 2.60. The van der Waals surface area contributed by atoms with E-state index in [1.807, 2.05) is 0 Å². The predicted molar refractivity (Wildman–Crippen MR) is 318 cm³/mol. The molecule has 4 nitrogen and oxygen atoms in total. The molecule has 0 bridgehead atoms. The molecule has 0 amide bonds. The molecule has 2 aliphatic rings. The molecular formula is C72H48N4. The lowest BCUT2D eigenvalue weighted by Gasteiger charge is -2.31. The van der Waals surface area contributed by atoms with Gasteiger partial charge in [-0.2, -0.15) is 0 Å². The van der Waals surface area contributed by atoms with Crippen molar-refractivity contribution in [3.8, 4) is 50.4 Å². The van der Waals surface area contributed by atoms with Crippen molar-refractivity contribution in [3.63, 3.8) is 0 Å². The zero-order valence-electron chi connectivity index (χ0n) is 41.5. The van der Waals surface area contributed by atoms with Gasteiger partial charge in [0, 0.05) is 66.6 Å². The largest absolute Gasteiger partial charge is 0.333 e. The van der Waals surface area contributed by atoms with E-state index < -0.39 is 0 Å². The molecule has 0 spiro atoms. The van der Waals surface area contributed by atoms with Crippen LogP contribution in [0, 0.1) is 0 Å². The SMILES string of the molecule is C1=CC2C(c3ccccc3N2c2ccccc2)c2c1c1cc(-c3ccc4c(c3)c3ccc5c6ccccc6n(-c6ccccc6)c5c3n4-c3ccccc3)ccc1n2-c1cc(-c2ccccc2)cc(-c2ccccc2)c1. The van der Waals surface area contributed by atoms with Gasteiger partial charge in [-0.25, -0.2) is 0 Å². The van der Waals surface area contributed by atoms with Crippen LogP contribution in [0.2, 0.25) is 0 Å². The average Bonchev–Trinajstić information content (AvgIpc) is 4.30. The van der Waals surface area contributed by atoms with Gasteiger partial charge in [0.05, 0.1) is 39.5 Å². The second kappa shape index (κ2) is 16.8. The average molecular weight is 969 g/mol. The smallest absolute Gasteiger partial charge is 0.0788 e. The first kappa shape index (κ1) is 42.6. The molecule has 1 aliphatic heterocycles. The number of rotatable bonds is 7. The molecule has 76 heavy (non-hydrogen) atoms. The molecule has 0 fully saturated rings. The summed E-state index contributed by atoms with van der Waals surface area (Å²) in [4.78, 5) is 2.55. The number of fused-ring (bicyclic) bond motifs is 14. The standard InChI is InChI=1S/C72H48N4/c1-6-20-47(21-7-1)51-42-52(48-22-8-2-9-23-48)44-56(43-51)76-67-40-35-49(45-62(67)59-38-41-68-69(70(59)76)61-31-17-19-33-65(61)73(68)53-24-10-3-11-25-53)50-34-39-66-63(46-50)60-37-36-58-57-30-16-18-32-64(57)74(54-26-12-4-13-27-54)71(58)72(60)75(66)55-28-14-5-15-29-55/h1-46,68-69H. The van der Waals surface area contributed by atoms with Gasteiger partial charge in [-0.15, -0.1) is 0 Å². The van der Waals surface area contributed by atoms with Crippen LogP contribution in [0.4, 0.5) is 11.4 Å². The Labute approximate surface area is 440 Å². The van der Waals surface area contributed by atoms with Gasteiger partial charge in [0.25, 0.3) is 0 Å². The van der Waals surface area contributed by atoms with Crippen LogP contribution in [0.5, 0.6) is 0 Å². The van der Waals surface area contributed by atoms with Crippen molar-refractivity contribution in [3.05, 3.63) is 290 Å². The summed E-state index contributed by atoms with van der Waals surface area (Å²) in [6.45, 7) is 0. The number of nitrogens with zero attached hydrogens (tertiary/aromatic N) is 4. The molecular weight excluding hydrogens is 921 g/mol. The topological polar surface area (TPSA) is 18.0 Å². The zero-order chi connectivity index (χ0) is 49.8. The van der Waals surface area contributed by atoms with E-state index in [1.165, 1.54) is 116 Å². The lowest BCUT2D eigenvalue weighted by Crippen LogP contribution is -2.31. The van der Waals surface area contributed by atoms with E-state index in [-0.39, 0.29) is 12.0 Å². The van der Waals surface area contributed by atoms with E-state index in [1.54, 1.807) is 0 Å². The highest BCUT2D eigenvalue weighted by molar-refractivity contribution is 6.24. The number of para-hydroxylation sites is 5. The van der Waals surface area contributed by atoms with Gasteiger partial charge >= 0.3 is 0 Å². The Kier molecular flexibility index (Phi) is 9.43. The summed E-state index contributed by atoms with van der Waals surface area (Å²) in [6, 6.07) is 98.5. The molecule has 0 radical (unpaired) electrons. The molecule has 356 valence electrons. The van der Waals surface area contributed by atoms with Gasteiger partial charge in [0.2, 0.25) is 0 Å². The van der Waals surface area contributed by atoms with Crippen molar-refractivity contribution in [2.75, 3.05) is 4.90 Å². The second-order valence-electron chi connectivity index (χ2n) is 20.4. The molecule has 0 saturated carbocycles. The first-order valence-electron chi connectivity index (χ1n) is 26.4. The molecule has 16 rings (SSSR count). The molecule has 2 unspecified atom stereocenters. The van der Waals surface area contributed by atoms with E-state index in [0.29, 0.717) is 0 Å². The van der Waals surface area contributed by atoms with Gasteiger partial charge in [-0.05, 0) is 130 Å². The van der Waals surface area contributed by atoms with Crippen molar-refractivity contribution < 1.29 is 0 Å².